The highest BCUT2D eigenvalue weighted by molar-refractivity contribution is 7.98. The third-order valence-electron chi connectivity index (χ3n) is 3.17. The van der Waals surface area contributed by atoms with Crippen molar-refractivity contribution in [1.82, 2.24) is 0 Å². The average Bonchev–Trinajstić information content (AvgIpc) is 2.58. The Balaban J connectivity index is 1.65. The number of esters is 1. The number of rotatable bonds is 8. The van der Waals surface area contributed by atoms with Gasteiger partial charge in [0.2, 0.25) is 0 Å². The highest BCUT2D eigenvalue weighted by Gasteiger charge is 2.16. The molecular formula is C18H19ClO4S. The smallest absolute Gasteiger partial charge is 0.347 e. The number of benzene rings is 2. The minimum atomic E-state index is -0.705. The van der Waals surface area contributed by atoms with Gasteiger partial charge in [-0.2, -0.15) is 11.8 Å². The lowest BCUT2D eigenvalue weighted by Gasteiger charge is -2.14. The van der Waals surface area contributed by atoms with E-state index in [1.54, 1.807) is 30.8 Å². The summed E-state index contributed by atoms with van der Waals surface area (Å²) in [5.41, 5.74) is 1.07. The molecular weight excluding hydrogens is 348 g/mol. The van der Waals surface area contributed by atoms with Gasteiger partial charge >= 0.3 is 5.97 Å². The van der Waals surface area contributed by atoms with Crippen LogP contribution >= 0.6 is 23.4 Å². The Morgan fingerprint density at radius 1 is 1.21 bits per heavy atom. The SMILES string of the molecule is CC(Oc1ccc(O)cc1)C(=O)OCCSCc1ccccc1Cl. The third kappa shape index (κ3) is 5.98. The predicted molar refractivity (Wildman–Crippen MR) is 96.8 cm³/mol. The molecule has 0 aliphatic carbocycles. The molecule has 0 saturated heterocycles. The van der Waals surface area contributed by atoms with E-state index in [0.717, 1.165) is 16.3 Å². The molecule has 0 amide bonds. The Hall–Kier alpha value is -1.85. The fourth-order valence-electron chi connectivity index (χ4n) is 1.89. The van der Waals surface area contributed by atoms with Crippen LogP contribution in [0.5, 0.6) is 11.5 Å². The molecule has 1 N–H and O–H groups in total. The van der Waals surface area contributed by atoms with Gasteiger partial charge in [-0.1, -0.05) is 29.8 Å². The molecule has 4 nitrogen and oxygen atoms in total. The number of hydrogen-bond acceptors (Lipinski definition) is 5. The molecule has 0 saturated carbocycles. The van der Waals surface area contributed by atoms with Gasteiger partial charge in [0.05, 0.1) is 0 Å². The second-order valence-corrected chi connectivity index (χ2v) is 6.58. The van der Waals surface area contributed by atoms with E-state index in [2.05, 4.69) is 0 Å². The Bertz CT molecular complexity index is 660. The summed E-state index contributed by atoms with van der Waals surface area (Å²) in [4.78, 5) is 11.9. The first kappa shape index (κ1) is 18.5. The van der Waals surface area contributed by atoms with Crippen LogP contribution < -0.4 is 4.74 Å². The number of phenolic OH excluding ortho intramolecular Hbond substituents is 1. The fraction of sp³-hybridized carbons (Fsp3) is 0.278. The Morgan fingerprint density at radius 3 is 2.62 bits per heavy atom. The quantitative estimate of drug-likeness (QED) is 0.558. The van der Waals surface area contributed by atoms with E-state index in [1.807, 2.05) is 24.3 Å². The standard InChI is InChI=1S/C18H19ClO4S/c1-13(23-16-8-6-15(20)7-9-16)18(21)22-10-11-24-12-14-4-2-3-5-17(14)19/h2-9,13,20H,10-12H2,1H3. The Morgan fingerprint density at radius 2 is 1.92 bits per heavy atom. The maximum atomic E-state index is 11.9. The van der Waals surface area contributed by atoms with Gasteiger partial charge in [0.15, 0.2) is 6.10 Å². The largest absolute Gasteiger partial charge is 0.508 e. The maximum absolute atomic E-state index is 11.9. The molecule has 0 bridgehead atoms. The summed E-state index contributed by atoms with van der Waals surface area (Å²) in [5.74, 6) is 1.69. The zero-order valence-corrected chi connectivity index (χ0v) is 14.8. The molecule has 2 aromatic carbocycles. The molecule has 2 rings (SSSR count). The first-order chi connectivity index (χ1) is 11.6. The molecule has 1 unspecified atom stereocenters. The van der Waals surface area contributed by atoms with Crippen LogP contribution in [0.4, 0.5) is 0 Å². The summed E-state index contributed by atoms with van der Waals surface area (Å²) in [6.07, 6.45) is -0.705. The zero-order valence-electron chi connectivity index (χ0n) is 13.3. The first-order valence-electron chi connectivity index (χ1n) is 7.49. The second kappa shape index (κ2) is 9.45. The minimum absolute atomic E-state index is 0.146. The number of thioether (sulfide) groups is 1. The van der Waals surface area contributed by atoms with Crippen molar-refractivity contribution in [1.29, 1.82) is 0 Å². The predicted octanol–water partition coefficient (Wildman–Crippen LogP) is 4.29. The van der Waals surface area contributed by atoms with Crippen LogP contribution in [0, 0.1) is 0 Å². The molecule has 0 radical (unpaired) electrons. The number of halogens is 1. The van der Waals surface area contributed by atoms with E-state index in [1.165, 1.54) is 12.1 Å². The molecule has 128 valence electrons. The van der Waals surface area contributed by atoms with Gasteiger partial charge in [-0.05, 0) is 42.8 Å². The van der Waals surface area contributed by atoms with E-state index < -0.39 is 12.1 Å². The third-order valence-corrected chi connectivity index (χ3v) is 4.51. The van der Waals surface area contributed by atoms with E-state index in [9.17, 15) is 9.90 Å². The monoisotopic (exact) mass is 366 g/mol. The fourth-order valence-corrected chi connectivity index (χ4v) is 2.99. The van der Waals surface area contributed by atoms with Crippen LogP contribution in [0.25, 0.3) is 0 Å². The lowest BCUT2D eigenvalue weighted by atomic mass is 10.2. The summed E-state index contributed by atoms with van der Waals surface area (Å²) in [7, 11) is 0. The molecule has 24 heavy (non-hydrogen) atoms. The number of carbonyl (C=O) groups excluding carboxylic acids is 1. The van der Waals surface area contributed by atoms with E-state index >= 15 is 0 Å². The molecule has 2 aromatic rings. The van der Waals surface area contributed by atoms with E-state index in [0.29, 0.717) is 18.1 Å². The summed E-state index contributed by atoms with van der Waals surface area (Å²) < 4.78 is 10.7. The Kier molecular flexibility index (Phi) is 7.28. The van der Waals surface area contributed by atoms with Gasteiger partial charge in [-0.3, -0.25) is 0 Å². The van der Waals surface area contributed by atoms with Gasteiger partial charge < -0.3 is 14.6 Å². The van der Waals surface area contributed by atoms with Gasteiger partial charge in [0.25, 0.3) is 0 Å². The van der Waals surface area contributed by atoms with Crippen molar-refractivity contribution in [2.45, 2.75) is 18.8 Å². The summed E-state index contributed by atoms with van der Waals surface area (Å²) in [5, 5.41) is 9.96. The number of hydrogen-bond donors (Lipinski definition) is 1. The van der Waals surface area contributed by atoms with Crippen molar-refractivity contribution < 1.29 is 19.4 Å². The van der Waals surface area contributed by atoms with Crippen LogP contribution in [0.2, 0.25) is 5.02 Å². The van der Waals surface area contributed by atoms with Crippen LogP contribution in [0.15, 0.2) is 48.5 Å². The molecule has 0 aliphatic rings. The van der Waals surface area contributed by atoms with Crippen molar-refractivity contribution in [3.63, 3.8) is 0 Å². The van der Waals surface area contributed by atoms with Crippen LogP contribution in [-0.2, 0) is 15.3 Å². The van der Waals surface area contributed by atoms with Gasteiger partial charge in [-0.25, -0.2) is 4.79 Å². The van der Waals surface area contributed by atoms with Crippen LogP contribution in [-0.4, -0.2) is 29.5 Å². The van der Waals surface area contributed by atoms with E-state index in [4.69, 9.17) is 21.1 Å². The summed E-state index contributed by atoms with van der Waals surface area (Å²) in [6.45, 7) is 1.95. The summed E-state index contributed by atoms with van der Waals surface area (Å²) in [6, 6.07) is 13.9. The van der Waals surface area contributed by atoms with Crippen molar-refractivity contribution >= 4 is 29.3 Å². The highest BCUT2D eigenvalue weighted by Crippen LogP contribution is 2.21. The average molecular weight is 367 g/mol. The lowest BCUT2D eigenvalue weighted by molar-refractivity contribution is -0.150. The van der Waals surface area contributed by atoms with Crippen LogP contribution in [0.1, 0.15) is 12.5 Å². The second-order valence-electron chi connectivity index (χ2n) is 5.07. The molecule has 6 heteroatoms. The first-order valence-corrected chi connectivity index (χ1v) is 9.03. The number of ether oxygens (including phenoxy) is 2. The number of aromatic hydroxyl groups is 1. The molecule has 0 heterocycles. The molecule has 0 aliphatic heterocycles. The number of phenols is 1. The van der Waals surface area contributed by atoms with Gasteiger partial charge in [0, 0.05) is 16.5 Å². The number of carbonyl (C=O) groups is 1. The minimum Gasteiger partial charge on any atom is -0.508 e. The Labute approximate surface area is 150 Å². The normalized spacial score (nSPS) is 11.8. The molecule has 0 spiro atoms. The van der Waals surface area contributed by atoms with Crippen molar-refractivity contribution in [2.24, 2.45) is 0 Å². The van der Waals surface area contributed by atoms with Crippen molar-refractivity contribution in [3.8, 4) is 11.5 Å². The lowest BCUT2D eigenvalue weighted by Crippen LogP contribution is -2.26. The molecule has 1 atom stereocenters. The molecule has 0 aromatic heterocycles. The van der Waals surface area contributed by atoms with Crippen LogP contribution in [0.3, 0.4) is 0 Å². The van der Waals surface area contributed by atoms with Crippen molar-refractivity contribution in [2.75, 3.05) is 12.4 Å². The van der Waals surface area contributed by atoms with Gasteiger partial charge in [-0.15, -0.1) is 0 Å². The highest BCUT2D eigenvalue weighted by atomic mass is 35.5. The summed E-state index contributed by atoms with van der Waals surface area (Å²) >= 11 is 7.73. The van der Waals surface area contributed by atoms with E-state index in [-0.39, 0.29) is 5.75 Å². The zero-order chi connectivity index (χ0) is 17.4. The molecule has 0 fully saturated rings. The topological polar surface area (TPSA) is 55.8 Å². The van der Waals surface area contributed by atoms with Gasteiger partial charge in [0.1, 0.15) is 18.1 Å². The van der Waals surface area contributed by atoms with Crippen molar-refractivity contribution in [3.05, 3.63) is 59.1 Å². The maximum Gasteiger partial charge on any atom is 0.347 e.